The molecule has 0 aliphatic rings. The van der Waals surface area contributed by atoms with E-state index in [2.05, 4.69) is 10.4 Å². The summed E-state index contributed by atoms with van der Waals surface area (Å²) in [5.74, 6) is -0.254. The van der Waals surface area contributed by atoms with E-state index in [1.807, 2.05) is 26.2 Å². The fourth-order valence-electron chi connectivity index (χ4n) is 1.76. The van der Waals surface area contributed by atoms with Gasteiger partial charge in [-0.2, -0.15) is 5.10 Å². The second kappa shape index (κ2) is 5.10. The van der Waals surface area contributed by atoms with E-state index >= 15 is 0 Å². The summed E-state index contributed by atoms with van der Waals surface area (Å²) in [4.78, 5) is 0. The Morgan fingerprint density at radius 2 is 2.12 bits per heavy atom. The molecule has 0 aliphatic carbocycles. The number of nitrogens with zero attached hydrogens (tertiary/aromatic N) is 2. The summed E-state index contributed by atoms with van der Waals surface area (Å²) in [6.45, 7) is 2.84. The first-order chi connectivity index (χ1) is 8.22. The monoisotopic (exact) mass is 233 g/mol. The highest BCUT2D eigenvalue weighted by molar-refractivity contribution is 5.34. The SMILES string of the molecule is CNCCc1cn(-c2ccccc2F)nc1C. The maximum Gasteiger partial charge on any atom is 0.148 e. The van der Waals surface area contributed by atoms with Crippen molar-refractivity contribution < 1.29 is 4.39 Å². The summed E-state index contributed by atoms with van der Waals surface area (Å²) >= 11 is 0. The van der Waals surface area contributed by atoms with Crippen LogP contribution in [0.1, 0.15) is 11.3 Å². The van der Waals surface area contributed by atoms with Gasteiger partial charge in [0.25, 0.3) is 0 Å². The van der Waals surface area contributed by atoms with Crippen LogP contribution in [-0.2, 0) is 6.42 Å². The van der Waals surface area contributed by atoms with E-state index in [0.29, 0.717) is 5.69 Å². The van der Waals surface area contributed by atoms with Crippen molar-refractivity contribution >= 4 is 0 Å². The minimum absolute atomic E-state index is 0.254. The van der Waals surface area contributed by atoms with Gasteiger partial charge in [-0.05, 0) is 44.6 Å². The zero-order chi connectivity index (χ0) is 12.3. The predicted molar refractivity (Wildman–Crippen MR) is 65.9 cm³/mol. The van der Waals surface area contributed by atoms with Gasteiger partial charge in [0.2, 0.25) is 0 Å². The molecule has 0 saturated carbocycles. The molecule has 2 aromatic rings. The van der Waals surface area contributed by atoms with Crippen LogP contribution in [0.25, 0.3) is 5.69 Å². The van der Waals surface area contributed by atoms with Gasteiger partial charge in [-0.1, -0.05) is 12.1 Å². The van der Waals surface area contributed by atoms with Gasteiger partial charge in [0, 0.05) is 6.20 Å². The quantitative estimate of drug-likeness (QED) is 0.876. The maximum absolute atomic E-state index is 13.6. The van der Waals surface area contributed by atoms with Crippen molar-refractivity contribution in [3.8, 4) is 5.69 Å². The van der Waals surface area contributed by atoms with Crippen LogP contribution < -0.4 is 5.32 Å². The Morgan fingerprint density at radius 3 is 2.82 bits per heavy atom. The molecule has 0 unspecified atom stereocenters. The molecule has 1 aromatic carbocycles. The zero-order valence-corrected chi connectivity index (χ0v) is 10.1. The van der Waals surface area contributed by atoms with Crippen molar-refractivity contribution in [1.29, 1.82) is 0 Å². The first kappa shape index (κ1) is 11.8. The predicted octanol–water partition coefficient (Wildman–Crippen LogP) is 2.08. The van der Waals surface area contributed by atoms with Crippen LogP contribution in [0.2, 0.25) is 0 Å². The minimum Gasteiger partial charge on any atom is -0.319 e. The largest absolute Gasteiger partial charge is 0.319 e. The Kier molecular flexibility index (Phi) is 3.54. The Morgan fingerprint density at radius 1 is 1.35 bits per heavy atom. The van der Waals surface area contributed by atoms with Gasteiger partial charge in [0.05, 0.1) is 5.69 Å². The molecule has 3 nitrogen and oxygen atoms in total. The second-order valence-corrected chi connectivity index (χ2v) is 3.99. The normalized spacial score (nSPS) is 10.8. The van der Waals surface area contributed by atoms with Crippen LogP contribution in [-0.4, -0.2) is 23.4 Å². The molecule has 90 valence electrons. The number of aromatic nitrogens is 2. The van der Waals surface area contributed by atoms with Crippen LogP contribution >= 0.6 is 0 Å². The van der Waals surface area contributed by atoms with Gasteiger partial charge in [-0.15, -0.1) is 0 Å². The summed E-state index contributed by atoms with van der Waals surface area (Å²) in [7, 11) is 1.91. The highest BCUT2D eigenvalue weighted by atomic mass is 19.1. The van der Waals surface area contributed by atoms with Crippen molar-refractivity contribution in [3.63, 3.8) is 0 Å². The number of para-hydroxylation sites is 1. The summed E-state index contributed by atoms with van der Waals surface area (Å²) in [5, 5.41) is 7.44. The van der Waals surface area contributed by atoms with E-state index in [9.17, 15) is 4.39 Å². The standard InChI is InChI=1S/C13H16FN3/c1-10-11(7-8-15-2)9-17(16-10)13-6-4-3-5-12(13)14/h3-6,9,15H,7-8H2,1-2H3. The van der Waals surface area contributed by atoms with Crippen molar-refractivity contribution in [2.45, 2.75) is 13.3 Å². The Bertz CT molecular complexity index is 505. The highest BCUT2D eigenvalue weighted by Gasteiger charge is 2.08. The van der Waals surface area contributed by atoms with Crippen LogP contribution in [0, 0.1) is 12.7 Å². The van der Waals surface area contributed by atoms with Crippen molar-refractivity contribution in [2.75, 3.05) is 13.6 Å². The summed E-state index contributed by atoms with van der Waals surface area (Å²) in [6.07, 6.45) is 2.79. The molecule has 4 heteroatoms. The summed E-state index contributed by atoms with van der Waals surface area (Å²) < 4.78 is 15.2. The first-order valence-electron chi connectivity index (χ1n) is 5.67. The molecule has 0 amide bonds. The second-order valence-electron chi connectivity index (χ2n) is 3.99. The summed E-state index contributed by atoms with van der Waals surface area (Å²) in [5.41, 5.74) is 2.58. The Balaban J connectivity index is 2.31. The third kappa shape index (κ3) is 2.53. The molecular weight excluding hydrogens is 217 g/mol. The number of likely N-dealkylation sites (N-methyl/N-ethyl adjacent to an activating group) is 1. The smallest absolute Gasteiger partial charge is 0.148 e. The fourth-order valence-corrected chi connectivity index (χ4v) is 1.76. The number of hydrogen-bond acceptors (Lipinski definition) is 2. The highest BCUT2D eigenvalue weighted by Crippen LogP contribution is 2.15. The van der Waals surface area contributed by atoms with Crippen molar-refractivity contribution in [2.24, 2.45) is 0 Å². The third-order valence-electron chi connectivity index (χ3n) is 2.74. The van der Waals surface area contributed by atoms with Gasteiger partial charge < -0.3 is 5.32 Å². The molecule has 0 spiro atoms. The van der Waals surface area contributed by atoms with Crippen LogP contribution in [0.5, 0.6) is 0 Å². The van der Waals surface area contributed by atoms with Gasteiger partial charge >= 0.3 is 0 Å². The molecule has 0 radical (unpaired) electrons. The lowest BCUT2D eigenvalue weighted by Crippen LogP contribution is -2.10. The van der Waals surface area contributed by atoms with Crippen LogP contribution in [0.4, 0.5) is 4.39 Å². The average molecular weight is 233 g/mol. The third-order valence-corrected chi connectivity index (χ3v) is 2.74. The van der Waals surface area contributed by atoms with E-state index in [0.717, 1.165) is 24.2 Å². The maximum atomic E-state index is 13.6. The van der Waals surface area contributed by atoms with Gasteiger partial charge in [0.15, 0.2) is 0 Å². The lowest BCUT2D eigenvalue weighted by atomic mass is 10.2. The molecule has 1 aromatic heterocycles. The van der Waals surface area contributed by atoms with Crippen molar-refractivity contribution in [3.05, 3.63) is 47.5 Å². The number of rotatable bonds is 4. The van der Waals surface area contributed by atoms with E-state index in [1.54, 1.807) is 16.8 Å². The topological polar surface area (TPSA) is 29.9 Å². The van der Waals surface area contributed by atoms with E-state index < -0.39 is 0 Å². The van der Waals surface area contributed by atoms with Gasteiger partial charge in [-0.25, -0.2) is 9.07 Å². The number of nitrogens with one attached hydrogen (secondary N) is 1. The summed E-state index contributed by atoms with van der Waals surface area (Å²) in [6, 6.07) is 6.66. The Labute approximate surface area is 100 Å². The minimum atomic E-state index is -0.254. The number of halogens is 1. The lowest BCUT2D eigenvalue weighted by Gasteiger charge is -2.01. The molecule has 0 aliphatic heterocycles. The molecule has 0 saturated heterocycles. The molecule has 17 heavy (non-hydrogen) atoms. The number of benzene rings is 1. The zero-order valence-electron chi connectivity index (χ0n) is 10.1. The van der Waals surface area contributed by atoms with Gasteiger partial charge in [0.1, 0.15) is 11.5 Å². The molecule has 1 heterocycles. The van der Waals surface area contributed by atoms with E-state index in [4.69, 9.17) is 0 Å². The lowest BCUT2D eigenvalue weighted by molar-refractivity contribution is 0.610. The molecule has 0 bridgehead atoms. The molecular formula is C13H16FN3. The fraction of sp³-hybridized carbons (Fsp3) is 0.308. The van der Waals surface area contributed by atoms with Crippen LogP contribution in [0.15, 0.2) is 30.5 Å². The first-order valence-corrected chi connectivity index (χ1v) is 5.67. The molecule has 2 rings (SSSR count). The number of aryl methyl sites for hydroxylation is 1. The van der Waals surface area contributed by atoms with Crippen molar-refractivity contribution in [1.82, 2.24) is 15.1 Å². The van der Waals surface area contributed by atoms with E-state index in [1.165, 1.54) is 6.07 Å². The van der Waals surface area contributed by atoms with E-state index in [-0.39, 0.29) is 5.82 Å². The molecule has 1 N–H and O–H groups in total. The van der Waals surface area contributed by atoms with Crippen LogP contribution in [0.3, 0.4) is 0 Å². The molecule has 0 atom stereocenters. The average Bonchev–Trinajstić information content (AvgIpc) is 2.68. The Hall–Kier alpha value is -1.68. The molecule has 0 fully saturated rings. The number of hydrogen-bond donors (Lipinski definition) is 1. The van der Waals surface area contributed by atoms with Gasteiger partial charge in [-0.3, -0.25) is 0 Å².